The van der Waals surface area contributed by atoms with Crippen LogP contribution in [-0.4, -0.2) is 17.8 Å². The molecule has 136 valence electrons. The van der Waals surface area contributed by atoms with Gasteiger partial charge in [0.2, 0.25) is 6.79 Å². The van der Waals surface area contributed by atoms with E-state index in [1.165, 1.54) is 6.07 Å². The zero-order valence-electron chi connectivity index (χ0n) is 14.3. The molecule has 0 aromatic heterocycles. The maximum absolute atomic E-state index is 12.3. The predicted molar refractivity (Wildman–Crippen MR) is 105 cm³/mol. The number of carbonyl (C=O) groups is 1. The number of hydrazine groups is 1. The van der Waals surface area contributed by atoms with Crippen LogP contribution in [0.2, 0.25) is 5.02 Å². The number of hydrogen-bond acceptors (Lipinski definition) is 4. The molecule has 0 aliphatic carbocycles. The van der Waals surface area contributed by atoms with Crippen molar-refractivity contribution in [2.24, 2.45) is 0 Å². The van der Waals surface area contributed by atoms with Crippen molar-refractivity contribution >= 4 is 40.5 Å². The Kier molecular flexibility index (Phi) is 5.49. The molecule has 0 atom stereocenters. The molecule has 1 aliphatic heterocycles. The maximum atomic E-state index is 12.3. The number of fused-ring (bicyclic) bond motifs is 1. The van der Waals surface area contributed by atoms with E-state index in [9.17, 15) is 4.79 Å². The molecular weight excluding hydrogens is 374 g/mol. The fourth-order valence-corrected chi connectivity index (χ4v) is 3.05. The van der Waals surface area contributed by atoms with Gasteiger partial charge in [-0.15, -0.1) is 0 Å². The monoisotopic (exact) mass is 391 g/mol. The molecule has 1 aliphatic rings. The third-order valence-electron chi connectivity index (χ3n) is 3.96. The van der Waals surface area contributed by atoms with Crippen LogP contribution in [-0.2, 0) is 6.42 Å². The van der Waals surface area contributed by atoms with E-state index in [1.54, 1.807) is 6.07 Å². The second-order valence-electron chi connectivity index (χ2n) is 5.69. The quantitative estimate of drug-likeness (QED) is 0.549. The van der Waals surface area contributed by atoms with E-state index in [1.807, 2.05) is 25.1 Å². The number of ether oxygens (including phenoxy) is 2. The first-order chi connectivity index (χ1) is 12.5. The molecule has 1 amide bonds. The molecule has 2 aromatic rings. The van der Waals surface area contributed by atoms with Gasteiger partial charge in [-0.05, 0) is 48.8 Å². The van der Waals surface area contributed by atoms with E-state index in [2.05, 4.69) is 23.1 Å². The first kappa shape index (κ1) is 18.3. The second-order valence-corrected chi connectivity index (χ2v) is 6.50. The van der Waals surface area contributed by atoms with E-state index < -0.39 is 5.91 Å². The normalized spacial score (nSPS) is 11.8. The van der Waals surface area contributed by atoms with Gasteiger partial charge in [0, 0.05) is 11.3 Å². The Morgan fingerprint density at radius 1 is 1.27 bits per heavy atom. The molecule has 3 N–H and O–H groups in total. The van der Waals surface area contributed by atoms with Crippen molar-refractivity contribution in [3.63, 3.8) is 0 Å². The highest BCUT2D eigenvalue weighted by Gasteiger charge is 2.20. The van der Waals surface area contributed by atoms with Crippen LogP contribution in [0.4, 0.5) is 5.69 Å². The Bertz CT molecular complexity index is 873. The van der Waals surface area contributed by atoms with Crippen LogP contribution >= 0.6 is 23.8 Å². The lowest BCUT2D eigenvalue weighted by molar-refractivity contribution is 0.0943. The number of halogens is 1. The van der Waals surface area contributed by atoms with E-state index in [0.717, 1.165) is 23.2 Å². The van der Waals surface area contributed by atoms with E-state index in [-0.39, 0.29) is 11.9 Å². The Morgan fingerprint density at radius 3 is 2.85 bits per heavy atom. The van der Waals surface area contributed by atoms with Crippen molar-refractivity contribution in [3.8, 4) is 11.5 Å². The average molecular weight is 392 g/mol. The molecule has 0 unspecified atom stereocenters. The third kappa shape index (κ3) is 3.84. The molecule has 0 fully saturated rings. The van der Waals surface area contributed by atoms with Crippen molar-refractivity contribution in [2.75, 3.05) is 12.1 Å². The van der Waals surface area contributed by atoms with Crippen LogP contribution in [0, 0.1) is 6.92 Å². The number of aryl methyl sites for hydroxylation is 2. The topological polar surface area (TPSA) is 71.6 Å². The Hall–Kier alpha value is -2.51. The van der Waals surface area contributed by atoms with Gasteiger partial charge in [-0.3, -0.25) is 15.6 Å². The third-order valence-corrected chi connectivity index (χ3v) is 4.44. The second kappa shape index (κ2) is 7.80. The van der Waals surface area contributed by atoms with Crippen molar-refractivity contribution in [1.82, 2.24) is 10.9 Å². The van der Waals surface area contributed by atoms with Crippen molar-refractivity contribution in [1.29, 1.82) is 0 Å². The molecule has 0 radical (unpaired) electrons. The van der Waals surface area contributed by atoms with E-state index in [4.69, 9.17) is 33.3 Å². The standard InChI is InChI=1S/C18H18ClN3O3S/c1-3-11-6-4-5-10(2)15(11)20-18(26)22-21-17(23)12-7-13(19)16-14(8-12)24-9-25-16/h4-8H,3,9H2,1-2H3,(H,21,23)(H2,20,22,26). The molecule has 6 nitrogen and oxygen atoms in total. The number of thiocarbonyl (C=S) groups is 1. The number of anilines is 1. The number of benzene rings is 2. The SMILES string of the molecule is CCc1cccc(C)c1NC(=S)NNC(=O)c1cc(Cl)c2c(c1)OCO2. The van der Waals surface area contributed by atoms with Crippen LogP contribution in [0.5, 0.6) is 11.5 Å². The summed E-state index contributed by atoms with van der Waals surface area (Å²) in [6, 6.07) is 9.11. The Labute approximate surface area is 161 Å². The van der Waals surface area contributed by atoms with Gasteiger partial charge in [-0.2, -0.15) is 0 Å². The zero-order chi connectivity index (χ0) is 18.7. The summed E-state index contributed by atoms with van der Waals surface area (Å²) in [6.07, 6.45) is 0.870. The molecular formula is C18H18ClN3O3S. The largest absolute Gasteiger partial charge is 0.454 e. The molecule has 0 saturated heterocycles. The van der Waals surface area contributed by atoms with Crippen LogP contribution in [0.15, 0.2) is 30.3 Å². The first-order valence-corrected chi connectivity index (χ1v) is 8.83. The van der Waals surface area contributed by atoms with E-state index in [0.29, 0.717) is 22.1 Å². The predicted octanol–water partition coefficient (Wildman–Crippen LogP) is 3.57. The number of hydrogen-bond donors (Lipinski definition) is 3. The van der Waals surface area contributed by atoms with Gasteiger partial charge in [0.05, 0.1) is 5.02 Å². The van der Waals surface area contributed by atoms with Gasteiger partial charge in [-0.25, -0.2) is 0 Å². The highest BCUT2D eigenvalue weighted by atomic mass is 35.5. The van der Waals surface area contributed by atoms with Gasteiger partial charge in [0.1, 0.15) is 0 Å². The fraction of sp³-hybridized carbons (Fsp3) is 0.222. The number of amides is 1. The van der Waals surface area contributed by atoms with Crippen molar-refractivity contribution < 1.29 is 14.3 Å². The van der Waals surface area contributed by atoms with Gasteiger partial charge in [-0.1, -0.05) is 36.7 Å². The van der Waals surface area contributed by atoms with Gasteiger partial charge >= 0.3 is 0 Å². The Morgan fingerprint density at radius 2 is 2.08 bits per heavy atom. The molecule has 0 bridgehead atoms. The molecule has 1 heterocycles. The number of carbonyl (C=O) groups excluding carboxylic acids is 1. The lowest BCUT2D eigenvalue weighted by Gasteiger charge is -2.16. The molecule has 3 rings (SSSR count). The lowest BCUT2D eigenvalue weighted by Crippen LogP contribution is -2.44. The number of rotatable bonds is 3. The van der Waals surface area contributed by atoms with Crippen molar-refractivity contribution in [2.45, 2.75) is 20.3 Å². The number of nitrogens with one attached hydrogen (secondary N) is 3. The van der Waals surface area contributed by atoms with Gasteiger partial charge in [0.25, 0.3) is 5.91 Å². The molecule has 26 heavy (non-hydrogen) atoms. The summed E-state index contributed by atoms with van der Waals surface area (Å²) in [5.41, 5.74) is 8.73. The minimum atomic E-state index is -0.394. The van der Waals surface area contributed by atoms with E-state index >= 15 is 0 Å². The van der Waals surface area contributed by atoms with Crippen LogP contribution in [0.1, 0.15) is 28.4 Å². The minimum absolute atomic E-state index is 0.0859. The lowest BCUT2D eigenvalue weighted by atomic mass is 10.1. The highest BCUT2D eigenvalue weighted by molar-refractivity contribution is 7.80. The summed E-state index contributed by atoms with van der Waals surface area (Å²) in [4.78, 5) is 12.3. The molecule has 0 spiro atoms. The van der Waals surface area contributed by atoms with Crippen LogP contribution < -0.4 is 25.6 Å². The van der Waals surface area contributed by atoms with Gasteiger partial charge < -0.3 is 14.8 Å². The first-order valence-electron chi connectivity index (χ1n) is 8.04. The van der Waals surface area contributed by atoms with Crippen LogP contribution in [0.25, 0.3) is 0 Å². The van der Waals surface area contributed by atoms with Gasteiger partial charge in [0.15, 0.2) is 16.6 Å². The summed E-state index contributed by atoms with van der Waals surface area (Å²) in [6.45, 7) is 4.15. The van der Waals surface area contributed by atoms with Crippen LogP contribution in [0.3, 0.4) is 0 Å². The maximum Gasteiger partial charge on any atom is 0.269 e. The summed E-state index contributed by atoms with van der Waals surface area (Å²) < 4.78 is 10.5. The zero-order valence-corrected chi connectivity index (χ0v) is 15.9. The molecule has 0 saturated carbocycles. The minimum Gasteiger partial charge on any atom is -0.454 e. The number of para-hydroxylation sites is 1. The summed E-state index contributed by atoms with van der Waals surface area (Å²) >= 11 is 11.4. The summed E-state index contributed by atoms with van der Waals surface area (Å²) in [7, 11) is 0. The fourth-order valence-electron chi connectivity index (χ4n) is 2.63. The Balaban J connectivity index is 1.63. The highest BCUT2D eigenvalue weighted by Crippen LogP contribution is 2.39. The van der Waals surface area contributed by atoms with Crippen molar-refractivity contribution in [3.05, 3.63) is 52.0 Å². The molecule has 2 aromatic carbocycles. The average Bonchev–Trinajstić information content (AvgIpc) is 3.10. The summed E-state index contributed by atoms with van der Waals surface area (Å²) in [5, 5.41) is 3.73. The molecule has 8 heteroatoms. The smallest absolute Gasteiger partial charge is 0.269 e. The summed E-state index contributed by atoms with van der Waals surface area (Å²) in [5.74, 6) is 0.491.